The van der Waals surface area contributed by atoms with Crippen molar-refractivity contribution in [3.8, 4) is 0 Å². The summed E-state index contributed by atoms with van der Waals surface area (Å²) in [5.74, 6) is 0.118. The molecule has 1 aromatic carbocycles. The number of benzene rings is 1. The van der Waals surface area contributed by atoms with E-state index in [9.17, 15) is 9.59 Å². The first-order valence-corrected chi connectivity index (χ1v) is 6.41. The molecule has 0 bridgehead atoms. The van der Waals surface area contributed by atoms with Crippen molar-refractivity contribution in [3.63, 3.8) is 0 Å². The van der Waals surface area contributed by atoms with E-state index in [1.165, 1.54) is 12.6 Å². The average molecular weight is 270 g/mol. The molecule has 1 atom stereocenters. The maximum atomic E-state index is 11.9. The summed E-state index contributed by atoms with van der Waals surface area (Å²) in [6.07, 6.45) is 2.40. The molecule has 20 heavy (non-hydrogen) atoms. The molecule has 0 saturated heterocycles. The highest BCUT2D eigenvalue weighted by atomic mass is 16.2. The number of hydrogen-bond acceptors (Lipinski definition) is 4. The summed E-state index contributed by atoms with van der Waals surface area (Å²) in [5, 5.41) is 0. The number of rotatable bonds is 3. The molecule has 2 aliphatic heterocycles. The summed E-state index contributed by atoms with van der Waals surface area (Å²) >= 11 is 0. The number of fused-ring (bicyclic) bond motifs is 1. The van der Waals surface area contributed by atoms with Gasteiger partial charge in [0, 0.05) is 13.6 Å². The van der Waals surface area contributed by atoms with Gasteiger partial charge in [-0.2, -0.15) is 4.99 Å². The van der Waals surface area contributed by atoms with E-state index in [4.69, 9.17) is 0 Å². The molecule has 1 aromatic rings. The number of hydrogen-bond donors (Lipinski definition) is 0. The van der Waals surface area contributed by atoms with Crippen LogP contribution in [-0.4, -0.2) is 53.5 Å². The lowest BCUT2D eigenvalue weighted by atomic mass is 10.1. The fourth-order valence-corrected chi connectivity index (χ4v) is 2.25. The van der Waals surface area contributed by atoms with Gasteiger partial charge in [-0.05, 0) is 12.0 Å². The maximum Gasteiger partial charge on any atom is 0.351 e. The number of amides is 3. The largest absolute Gasteiger partial charge is 0.351 e. The van der Waals surface area contributed by atoms with E-state index in [-0.39, 0.29) is 5.91 Å². The van der Waals surface area contributed by atoms with Crippen molar-refractivity contribution in [2.24, 2.45) is 9.98 Å². The highest BCUT2D eigenvalue weighted by molar-refractivity contribution is 6.22. The van der Waals surface area contributed by atoms with Crippen molar-refractivity contribution in [2.75, 3.05) is 13.6 Å². The lowest BCUT2D eigenvalue weighted by molar-refractivity contribution is -0.127. The van der Waals surface area contributed by atoms with Crippen molar-refractivity contribution in [2.45, 2.75) is 12.5 Å². The van der Waals surface area contributed by atoms with E-state index in [0.717, 1.165) is 11.3 Å². The Hall–Kier alpha value is -2.50. The molecule has 0 radical (unpaired) electrons. The Morgan fingerprint density at radius 2 is 1.95 bits per heavy atom. The highest BCUT2D eigenvalue weighted by Gasteiger charge is 2.40. The Labute approximate surface area is 116 Å². The first-order valence-electron chi connectivity index (χ1n) is 6.41. The zero-order valence-corrected chi connectivity index (χ0v) is 11.1. The van der Waals surface area contributed by atoms with Crippen LogP contribution in [0, 0.1) is 0 Å². The first-order chi connectivity index (χ1) is 9.66. The molecular formula is C14H14N4O2. The smallest absolute Gasteiger partial charge is 0.318 e. The van der Waals surface area contributed by atoms with Gasteiger partial charge in [-0.1, -0.05) is 30.3 Å². The van der Waals surface area contributed by atoms with Crippen molar-refractivity contribution in [1.82, 2.24) is 9.80 Å². The summed E-state index contributed by atoms with van der Waals surface area (Å²) < 4.78 is 0. The van der Waals surface area contributed by atoms with E-state index in [0.29, 0.717) is 12.4 Å². The molecule has 2 aliphatic rings. The maximum absolute atomic E-state index is 11.9. The number of likely N-dealkylation sites (N-methyl/N-ethyl adjacent to an activating group) is 1. The van der Waals surface area contributed by atoms with Crippen LogP contribution in [0.3, 0.4) is 0 Å². The van der Waals surface area contributed by atoms with E-state index in [1.807, 2.05) is 30.3 Å². The summed E-state index contributed by atoms with van der Waals surface area (Å²) in [4.78, 5) is 34.4. The first kappa shape index (κ1) is 12.5. The standard InChI is InChI=1S/C14H14N4O2/c1-17-13(19)11-12(16-14(17)20)18(9-15-11)8-7-10-5-3-2-4-6-10/h2-6,9,11H,7-8H2,1H3. The molecule has 0 N–H and O–H groups in total. The van der Waals surface area contributed by atoms with Crippen molar-refractivity contribution < 1.29 is 9.59 Å². The van der Waals surface area contributed by atoms with Crippen LogP contribution >= 0.6 is 0 Å². The molecular weight excluding hydrogens is 256 g/mol. The minimum absolute atomic E-state index is 0.321. The van der Waals surface area contributed by atoms with Gasteiger partial charge in [0.15, 0.2) is 6.04 Å². The molecule has 1 unspecified atom stereocenters. The lowest BCUT2D eigenvalue weighted by Crippen LogP contribution is -2.49. The number of nitrogens with zero attached hydrogens (tertiary/aromatic N) is 4. The van der Waals surface area contributed by atoms with Gasteiger partial charge in [-0.15, -0.1) is 0 Å². The number of imide groups is 1. The number of carbonyl (C=O) groups is 2. The third-order valence-corrected chi connectivity index (χ3v) is 3.44. The molecule has 6 nitrogen and oxygen atoms in total. The fourth-order valence-electron chi connectivity index (χ4n) is 2.25. The Morgan fingerprint density at radius 3 is 2.70 bits per heavy atom. The monoisotopic (exact) mass is 270 g/mol. The van der Waals surface area contributed by atoms with E-state index >= 15 is 0 Å². The van der Waals surface area contributed by atoms with Crippen LogP contribution < -0.4 is 0 Å². The number of aliphatic imine (C=N–C) groups is 2. The number of urea groups is 1. The third-order valence-electron chi connectivity index (χ3n) is 3.44. The summed E-state index contributed by atoms with van der Waals surface area (Å²) in [7, 11) is 1.42. The van der Waals surface area contributed by atoms with Crippen LogP contribution in [0.4, 0.5) is 4.79 Å². The molecule has 6 heteroatoms. The molecule has 3 rings (SSSR count). The van der Waals surface area contributed by atoms with Gasteiger partial charge in [-0.25, -0.2) is 4.79 Å². The average Bonchev–Trinajstić information content (AvgIpc) is 2.87. The van der Waals surface area contributed by atoms with Crippen LogP contribution in [0.15, 0.2) is 40.3 Å². The van der Waals surface area contributed by atoms with E-state index < -0.39 is 12.1 Å². The van der Waals surface area contributed by atoms with Crippen LogP contribution in [0.1, 0.15) is 5.56 Å². The van der Waals surface area contributed by atoms with Crippen LogP contribution in [0.2, 0.25) is 0 Å². The SMILES string of the molecule is CN1C(=O)N=C2C(N=CN2CCc2ccccc2)C1=O. The second kappa shape index (κ2) is 4.88. The molecule has 2 heterocycles. The quantitative estimate of drug-likeness (QED) is 0.820. The predicted molar refractivity (Wildman–Crippen MR) is 74.7 cm³/mol. The Balaban J connectivity index is 1.74. The van der Waals surface area contributed by atoms with Crippen LogP contribution in [-0.2, 0) is 11.2 Å². The zero-order valence-electron chi connectivity index (χ0n) is 11.1. The van der Waals surface area contributed by atoms with Gasteiger partial charge < -0.3 is 4.90 Å². The Bertz CT molecular complexity index is 609. The van der Waals surface area contributed by atoms with Crippen molar-refractivity contribution in [3.05, 3.63) is 35.9 Å². The van der Waals surface area contributed by atoms with Gasteiger partial charge in [-0.3, -0.25) is 14.7 Å². The summed E-state index contributed by atoms with van der Waals surface area (Å²) in [6, 6.07) is 8.82. The predicted octanol–water partition coefficient (Wildman–Crippen LogP) is 0.932. The van der Waals surface area contributed by atoms with Gasteiger partial charge in [0.2, 0.25) is 0 Å². The second-order valence-corrected chi connectivity index (χ2v) is 4.75. The molecule has 0 aliphatic carbocycles. The third kappa shape index (κ3) is 2.09. The van der Waals surface area contributed by atoms with Gasteiger partial charge in [0.25, 0.3) is 5.91 Å². The lowest BCUT2D eigenvalue weighted by Gasteiger charge is -2.25. The van der Waals surface area contributed by atoms with Gasteiger partial charge >= 0.3 is 6.03 Å². The molecule has 0 fully saturated rings. The minimum atomic E-state index is -0.659. The highest BCUT2D eigenvalue weighted by Crippen LogP contribution is 2.17. The normalized spacial score (nSPS) is 21.2. The zero-order chi connectivity index (χ0) is 14.1. The van der Waals surface area contributed by atoms with Crippen molar-refractivity contribution in [1.29, 1.82) is 0 Å². The Morgan fingerprint density at radius 1 is 1.20 bits per heavy atom. The molecule has 0 aromatic heterocycles. The van der Waals surface area contributed by atoms with Gasteiger partial charge in [0.1, 0.15) is 5.84 Å². The second-order valence-electron chi connectivity index (χ2n) is 4.75. The molecule has 0 saturated carbocycles. The van der Waals surface area contributed by atoms with Gasteiger partial charge in [0.05, 0.1) is 6.34 Å². The molecule has 0 spiro atoms. The number of carbonyl (C=O) groups excluding carboxylic acids is 2. The molecule has 102 valence electrons. The molecule has 3 amide bonds. The van der Waals surface area contributed by atoms with Crippen molar-refractivity contribution >= 4 is 24.1 Å². The van der Waals surface area contributed by atoms with E-state index in [1.54, 1.807) is 11.2 Å². The Kier molecular flexibility index (Phi) is 3.06. The fraction of sp³-hybridized carbons (Fsp3) is 0.286. The topological polar surface area (TPSA) is 65.3 Å². The van der Waals surface area contributed by atoms with E-state index in [2.05, 4.69) is 9.98 Å². The van der Waals surface area contributed by atoms with Crippen LogP contribution in [0.25, 0.3) is 0 Å². The number of amidine groups is 1. The minimum Gasteiger partial charge on any atom is -0.318 e. The summed E-state index contributed by atoms with van der Waals surface area (Å²) in [5.41, 5.74) is 1.19. The van der Waals surface area contributed by atoms with Crippen LogP contribution in [0.5, 0.6) is 0 Å². The summed E-state index contributed by atoms with van der Waals surface area (Å²) in [6.45, 7) is 0.646.